The first-order valence-corrected chi connectivity index (χ1v) is 8.54. The molecule has 1 N–H and O–H groups in total. The number of hydrogen-bond acceptors (Lipinski definition) is 3. The SMILES string of the molecule is Clc1cccc(-c2nc3ncccn3c2NC2CCCCC2)c1. The molecule has 118 valence electrons. The highest BCUT2D eigenvalue weighted by molar-refractivity contribution is 6.30. The zero-order valence-corrected chi connectivity index (χ0v) is 13.6. The maximum absolute atomic E-state index is 6.17. The molecule has 3 aromatic rings. The molecule has 23 heavy (non-hydrogen) atoms. The average molecular weight is 327 g/mol. The monoisotopic (exact) mass is 326 g/mol. The van der Waals surface area contributed by atoms with E-state index in [1.54, 1.807) is 6.20 Å². The predicted octanol–water partition coefficient (Wildman–Crippen LogP) is 4.79. The Labute approximate surface area is 140 Å². The van der Waals surface area contributed by atoms with Gasteiger partial charge in [-0.2, -0.15) is 0 Å². The molecule has 0 atom stereocenters. The average Bonchev–Trinajstić information content (AvgIpc) is 2.95. The fraction of sp³-hybridized carbons (Fsp3) is 0.333. The van der Waals surface area contributed by atoms with Crippen LogP contribution in [0.15, 0.2) is 42.7 Å². The van der Waals surface area contributed by atoms with Crippen LogP contribution in [0.4, 0.5) is 5.82 Å². The summed E-state index contributed by atoms with van der Waals surface area (Å²) in [7, 11) is 0. The molecule has 0 saturated heterocycles. The third-order valence-electron chi connectivity index (χ3n) is 4.45. The summed E-state index contributed by atoms with van der Waals surface area (Å²) in [5.74, 6) is 1.73. The van der Waals surface area contributed by atoms with Gasteiger partial charge in [-0.05, 0) is 31.0 Å². The second kappa shape index (κ2) is 6.20. The summed E-state index contributed by atoms with van der Waals surface area (Å²) in [6.07, 6.45) is 10.1. The molecule has 1 aliphatic carbocycles. The number of hydrogen-bond donors (Lipinski definition) is 1. The van der Waals surface area contributed by atoms with Crippen molar-refractivity contribution in [3.63, 3.8) is 0 Å². The third kappa shape index (κ3) is 2.91. The summed E-state index contributed by atoms with van der Waals surface area (Å²) in [6.45, 7) is 0. The lowest BCUT2D eigenvalue weighted by Gasteiger charge is -2.24. The van der Waals surface area contributed by atoms with Gasteiger partial charge in [0.15, 0.2) is 0 Å². The van der Waals surface area contributed by atoms with E-state index in [2.05, 4.69) is 10.3 Å². The topological polar surface area (TPSA) is 42.2 Å². The van der Waals surface area contributed by atoms with Crippen molar-refractivity contribution in [2.75, 3.05) is 5.32 Å². The van der Waals surface area contributed by atoms with Crippen molar-refractivity contribution in [1.82, 2.24) is 14.4 Å². The smallest absolute Gasteiger partial charge is 0.235 e. The van der Waals surface area contributed by atoms with Crippen LogP contribution in [0.25, 0.3) is 17.0 Å². The van der Waals surface area contributed by atoms with Gasteiger partial charge in [0.25, 0.3) is 0 Å². The van der Waals surface area contributed by atoms with Crippen LogP contribution < -0.4 is 5.32 Å². The standard InChI is InChI=1S/C18H19ClN4/c19-14-7-4-6-13(12-14)16-17(21-15-8-2-1-3-9-15)23-11-5-10-20-18(23)22-16/h4-7,10-12,15,21H,1-3,8-9H2. The van der Waals surface area contributed by atoms with Gasteiger partial charge in [0.1, 0.15) is 11.5 Å². The molecule has 5 heteroatoms. The van der Waals surface area contributed by atoms with Crippen molar-refractivity contribution < 1.29 is 0 Å². The maximum atomic E-state index is 6.17. The minimum atomic E-state index is 0.502. The molecule has 4 rings (SSSR count). The minimum Gasteiger partial charge on any atom is -0.367 e. The van der Waals surface area contributed by atoms with Crippen molar-refractivity contribution in [3.8, 4) is 11.3 Å². The molecular weight excluding hydrogens is 308 g/mol. The second-order valence-corrected chi connectivity index (χ2v) is 6.52. The molecule has 0 amide bonds. The van der Waals surface area contributed by atoms with Crippen LogP contribution in [0.3, 0.4) is 0 Å². The van der Waals surface area contributed by atoms with Crippen LogP contribution in [0, 0.1) is 0 Å². The molecule has 0 aliphatic heterocycles. The minimum absolute atomic E-state index is 0.502. The molecule has 0 unspecified atom stereocenters. The normalized spacial score (nSPS) is 15.9. The number of nitrogens with zero attached hydrogens (tertiary/aromatic N) is 3. The molecule has 0 radical (unpaired) electrons. The number of fused-ring (bicyclic) bond motifs is 1. The van der Waals surface area contributed by atoms with Crippen molar-refractivity contribution in [2.45, 2.75) is 38.1 Å². The van der Waals surface area contributed by atoms with Crippen molar-refractivity contribution in [3.05, 3.63) is 47.7 Å². The largest absolute Gasteiger partial charge is 0.367 e. The van der Waals surface area contributed by atoms with Crippen LogP contribution in [0.1, 0.15) is 32.1 Å². The Morgan fingerprint density at radius 1 is 1.13 bits per heavy atom. The van der Waals surface area contributed by atoms with Crippen LogP contribution in [0.5, 0.6) is 0 Å². The lowest BCUT2D eigenvalue weighted by atomic mass is 9.95. The highest BCUT2D eigenvalue weighted by Gasteiger charge is 2.19. The summed E-state index contributed by atoms with van der Waals surface area (Å²) in [5.41, 5.74) is 1.93. The number of benzene rings is 1. The number of rotatable bonds is 3. The van der Waals surface area contributed by atoms with Gasteiger partial charge < -0.3 is 5.32 Å². The first-order chi connectivity index (χ1) is 11.3. The van der Waals surface area contributed by atoms with Gasteiger partial charge in [0.2, 0.25) is 5.78 Å². The van der Waals surface area contributed by atoms with E-state index < -0.39 is 0 Å². The zero-order chi connectivity index (χ0) is 15.6. The number of nitrogens with one attached hydrogen (secondary N) is 1. The van der Waals surface area contributed by atoms with E-state index in [-0.39, 0.29) is 0 Å². The van der Waals surface area contributed by atoms with E-state index >= 15 is 0 Å². The summed E-state index contributed by atoms with van der Waals surface area (Å²) in [4.78, 5) is 9.10. The fourth-order valence-electron chi connectivity index (χ4n) is 3.30. The summed E-state index contributed by atoms with van der Waals surface area (Å²) >= 11 is 6.17. The zero-order valence-electron chi connectivity index (χ0n) is 12.9. The third-order valence-corrected chi connectivity index (χ3v) is 4.68. The van der Waals surface area contributed by atoms with Gasteiger partial charge in [-0.1, -0.05) is 43.0 Å². The van der Waals surface area contributed by atoms with E-state index in [9.17, 15) is 0 Å². The van der Waals surface area contributed by atoms with Crippen LogP contribution in [0.2, 0.25) is 5.02 Å². The van der Waals surface area contributed by atoms with E-state index in [0.717, 1.165) is 22.1 Å². The molecule has 1 fully saturated rings. The quantitative estimate of drug-likeness (QED) is 0.752. The van der Waals surface area contributed by atoms with Gasteiger partial charge >= 0.3 is 0 Å². The Hall–Kier alpha value is -2.07. The molecule has 2 aromatic heterocycles. The Kier molecular flexibility index (Phi) is 3.92. The van der Waals surface area contributed by atoms with Gasteiger partial charge in [-0.15, -0.1) is 0 Å². The fourth-order valence-corrected chi connectivity index (χ4v) is 3.49. The highest BCUT2D eigenvalue weighted by atomic mass is 35.5. The highest BCUT2D eigenvalue weighted by Crippen LogP contribution is 2.32. The summed E-state index contributed by atoms with van der Waals surface area (Å²) < 4.78 is 2.03. The van der Waals surface area contributed by atoms with Crippen LogP contribution >= 0.6 is 11.6 Å². The first kappa shape index (κ1) is 14.5. The predicted molar refractivity (Wildman–Crippen MR) is 93.9 cm³/mol. The van der Waals surface area contributed by atoms with Crippen molar-refractivity contribution in [1.29, 1.82) is 0 Å². The van der Waals surface area contributed by atoms with Gasteiger partial charge in [0.05, 0.1) is 0 Å². The van der Waals surface area contributed by atoms with Gasteiger partial charge in [-0.25, -0.2) is 9.97 Å². The van der Waals surface area contributed by atoms with Gasteiger partial charge in [0, 0.05) is 29.0 Å². The lowest BCUT2D eigenvalue weighted by molar-refractivity contribution is 0.461. The van der Waals surface area contributed by atoms with Gasteiger partial charge in [-0.3, -0.25) is 4.40 Å². The molecule has 0 spiro atoms. The van der Waals surface area contributed by atoms with Crippen molar-refractivity contribution >= 4 is 23.2 Å². The molecule has 1 saturated carbocycles. The van der Waals surface area contributed by atoms with E-state index in [4.69, 9.17) is 16.6 Å². The molecular formula is C18H19ClN4. The number of anilines is 1. The van der Waals surface area contributed by atoms with E-state index in [1.807, 2.05) is 40.9 Å². The maximum Gasteiger partial charge on any atom is 0.235 e. The summed E-state index contributed by atoms with van der Waals surface area (Å²) in [6, 6.07) is 10.3. The lowest BCUT2D eigenvalue weighted by Crippen LogP contribution is -2.23. The first-order valence-electron chi connectivity index (χ1n) is 8.17. The second-order valence-electron chi connectivity index (χ2n) is 6.09. The Morgan fingerprint density at radius 2 is 2.00 bits per heavy atom. The number of halogens is 1. The summed E-state index contributed by atoms with van der Waals surface area (Å²) in [5, 5.41) is 4.43. The molecule has 1 aromatic carbocycles. The van der Waals surface area contributed by atoms with Crippen molar-refractivity contribution in [2.24, 2.45) is 0 Å². The number of imidazole rings is 1. The number of aromatic nitrogens is 3. The van der Waals surface area contributed by atoms with Crippen LogP contribution in [-0.2, 0) is 0 Å². The molecule has 4 nitrogen and oxygen atoms in total. The molecule has 0 bridgehead atoms. The Morgan fingerprint density at radius 3 is 2.83 bits per heavy atom. The molecule has 2 heterocycles. The van der Waals surface area contributed by atoms with Crippen LogP contribution in [-0.4, -0.2) is 20.4 Å². The van der Waals surface area contributed by atoms with E-state index in [0.29, 0.717) is 11.8 Å². The Balaban J connectivity index is 1.80. The van der Waals surface area contributed by atoms with E-state index in [1.165, 1.54) is 32.1 Å². The Bertz CT molecular complexity index is 821. The molecule has 1 aliphatic rings.